The summed E-state index contributed by atoms with van der Waals surface area (Å²) in [7, 11) is 2.10. The predicted molar refractivity (Wildman–Crippen MR) is 157 cm³/mol. The Morgan fingerprint density at radius 3 is 2.67 bits per heavy atom. The van der Waals surface area contributed by atoms with Gasteiger partial charge in [-0.25, -0.2) is 9.67 Å². The molecule has 224 valence electrons. The summed E-state index contributed by atoms with van der Waals surface area (Å²) in [6.45, 7) is 11.1. The summed E-state index contributed by atoms with van der Waals surface area (Å²) in [6.07, 6.45) is 2.41. The lowest BCUT2D eigenvalue weighted by Crippen LogP contribution is -2.50. The number of nitrogens with zero attached hydrogens (tertiary/aromatic N) is 9. The van der Waals surface area contributed by atoms with Crippen molar-refractivity contribution in [2.45, 2.75) is 26.3 Å². The highest BCUT2D eigenvalue weighted by molar-refractivity contribution is 6.28. The van der Waals surface area contributed by atoms with Crippen molar-refractivity contribution in [1.82, 2.24) is 45.3 Å². The fourth-order valence-corrected chi connectivity index (χ4v) is 5.16. The number of benzene rings is 1. The van der Waals surface area contributed by atoms with E-state index in [-0.39, 0.29) is 22.6 Å². The third-order valence-corrected chi connectivity index (χ3v) is 7.77. The van der Waals surface area contributed by atoms with Gasteiger partial charge in [-0.3, -0.25) is 14.5 Å². The number of aryl methyl sites for hydroxylation is 1. The monoisotopic (exact) mass is 597 g/mol. The second-order valence-electron chi connectivity index (χ2n) is 10.6. The van der Waals surface area contributed by atoms with Crippen LogP contribution < -0.4 is 15.5 Å². The molecule has 3 aromatic rings. The molecule has 0 bridgehead atoms. The Balaban J connectivity index is 1.31. The number of ether oxygens (including phenoxy) is 1. The van der Waals surface area contributed by atoms with Crippen molar-refractivity contribution in [2.75, 3.05) is 76.3 Å². The first-order valence-corrected chi connectivity index (χ1v) is 14.4. The summed E-state index contributed by atoms with van der Waals surface area (Å²) in [4.78, 5) is 36.9. The second kappa shape index (κ2) is 13.5. The molecule has 2 saturated heterocycles. The number of carbonyl (C=O) groups is 2. The Labute approximate surface area is 249 Å². The molecule has 0 radical (unpaired) electrons. The maximum absolute atomic E-state index is 13.2. The quantitative estimate of drug-likeness (QED) is 0.344. The first-order valence-electron chi connectivity index (χ1n) is 14.1. The van der Waals surface area contributed by atoms with Crippen LogP contribution in [0.25, 0.3) is 5.69 Å². The summed E-state index contributed by atoms with van der Waals surface area (Å²) < 4.78 is 6.89. The topological polar surface area (TPSA) is 147 Å². The molecular formula is C27H36ClN11O3. The van der Waals surface area contributed by atoms with E-state index in [9.17, 15) is 9.59 Å². The molecule has 4 heterocycles. The van der Waals surface area contributed by atoms with Gasteiger partial charge >= 0.3 is 0 Å². The second-order valence-corrected chi connectivity index (χ2v) is 10.9. The maximum Gasteiger partial charge on any atom is 0.278 e. The van der Waals surface area contributed by atoms with Crippen molar-refractivity contribution >= 4 is 34.8 Å². The molecule has 2 aliphatic rings. The molecule has 2 aliphatic heterocycles. The molecule has 0 saturated carbocycles. The van der Waals surface area contributed by atoms with Gasteiger partial charge in [-0.1, -0.05) is 5.21 Å². The molecule has 14 nitrogen and oxygen atoms in total. The molecule has 1 atom stereocenters. The molecule has 2 N–H and O–H groups in total. The minimum atomic E-state index is -0.458. The van der Waals surface area contributed by atoms with E-state index >= 15 is 0 Å². The van der Waals surface area contributed by atoms with Crippen molar-refractivity contribution in [3.05, 3.63) is 46.8 Å². The Morgan fingerprint density at radius 1 is 1.10 bits per heavy atom. The Morgan fingerprint density at radius 2 is 1.90 bits per heavy atom. The standard InChI is InChI=1S/C27H36ClN11O3/c1-18-16-38(10-9-36(18)3)23-6-5-20(15-21(23)31-26(41)24-19(2)30-27(28)34-33-24)39-17-22(32-35-39)25(40)29-7-4-8-37-11-13-42-14-12-37/h5-6,15,17-18H,4,7-14,16H2,1-3H3,(H,29,40)(H,31,41)/t18-/m0/s1. The number of hydrogen-bond acceptors (Lipinski definition) is 11. The molecule has 0 unspecified atom stereocenters. The van der Waals surface area contributed by atoms with Crippen LogP contribution in [0.4, 0.5) is 11.4 Å². The van der Waals surface area contributed by atoms with Gasteiger partial charge in [0.1, 0.15) is 0 Å². The van der Waals surface area contributed by atoms with Crippen molar-refractivity contribution in [2.24, 2.45) is 0 Å². The number of nitrogens with one attached hydrogen (secondary N) is 2. The van der Waals surface area contributed by atoms with Gasteiger partial charge in [0.15, 0.2) is 11.4 Å². The summed E-state index contributed by atoms with van der Waals surface area (Å²) in [5.41, 5.74) is 2.72. The van der Waals surface area contributed by atoms with Gasteiger partial charge in [-0.05, 0) is 63.7 Å². The molecule has 1 aromatic carbocycles. The van der Waals surface area contributed by atoms with Crippen LogP contribution in [0.2, 0.25) is 5.28 Å². The highest BCUT2D eigenvalue weighted by Crippen LogP contribution is 2.31. The zero-order chi connectivity index (χ0) is 29.6. The molecule has 0 aliphatic carbocycles. The zero-order valence-electron chi connectivity index (χ0n) is 24.1. The maximum atomic E-state index is 13.2. The number of carbonyl (C=O) groups excluding carboxylic acids is 2. The number of amides is 2. The van der Waals surface area contributed by atoms with Crippen LogP contribution in [0.5, 0.6) is 0 Å². The van der Waals surface area contributed by atoms with Crippen LogP contribution in [0.3, 0.4) is 0 Å². The first kappa shape index (κ1) is 29.8. The van der Waals surface area contributed by atoms with Gasteiger partial charge in [0, 0.05) is 45.3 Å². The van der Waals surface area contributed by atoms with E-state index in [1.807, 2.05) is 12.1 Å². The van der Waals surface area contributed by atoms with Crippen LogP contribution in [0, 0.1) is 6.92 Å². The predicted octanol–water partition coefficient (Wildman–Crippen LogP) is 1.26. The summed E-state index contributed by atoms with van der Waals surface area (Å²) in [5.74, 6) is -0.746. The van der Waals surface area contributed by atoms with E-state index in [4.69, 9.17) is 16.3 Å². The van der Waals surface area contributed by atoms with E-state index in [0.717, 1.165) is 64.6 Å². The molecule has 2 aromatic heterocycles. The number of piperazine rings is 1. The Hall–Kier alpha value is -3.72. The number of likely N-dealkylation sites (N-methyl/N-ethyl adjacent to an activating group) is 1. The molecule has 42 heavy (non-hydrogen) atoms. The summed E-state index contributed by atoms with van der Waals surface area (Å²) >= 11 is 5.84. The minimum Gasteiger partial charge on any atom is -0.379 e. The van der Waals surface area contributed by atoms with Crippen LogP contribution in [-0.4, -0.2) is 124 Å². The average Bonchev–Trinajstić information content (AvgIpc) is 3.48. The van der Waals surface area contributed by atoms with Gasteiger partial charge in [-0.15, -0.1) is 15.3 Å². The lowest BCUT2D eigenvalue weighted by atomic mass is 10.1. The summed E-state index contributed by atoms with van der Waals surface area (Å²) in [6, 6.07) is 5.97. The number of anilines is 2. The minimum absolute atomic E-state index is 0.0266. The number of halogens is 1. The van der Waals surface area contributed by atoms with Crippen molar-refractivity contribution in [3.63, 3.8) is 0 Å². The SMILES string of the molecule is Cc1nc(Cl)nnc1C(=O)Nc1cc(-n2cc(C(=O)NCCCN3CCOCC3)nn2)ccc1N1CCN(C)[C@@H](C)C1. The van der Waals surface area contributed by atoms with E-state index in [0.29, 0.717) is 29.7 Å². The number of hydrogen-bond donors (Lipinski definition) is 2. The number of rotatable bonds is 9. The normalized spacial score (nSPS) is 18.2. The third-order valence-electron chi connectivity index (χ3n) is 7.61. The number of aromatic nitrogens is 6. The molecule has 0 spiro atoms. The third kappa shape index (κ3) is 7.18. The zero-order valence-corrected chi connectivity index (χ0v) is 24.8. The molecule has 5 rings (SSSR count). The Kier molecular flexibility index (Phi) is 9.57. The van der Waals surface area contributed by atoms with Crippen LogP contribution in [0.15, 0.2) is 24.4 Å². The van der Waals surface area contributed by atoms with Gasteiger partial charge < -0.3 is 25.2 Å². The first-order chi connectivity index (χ1) is 20.3. The largest absolute Gasteiger partial charge is 0.379 e. The molecular weight excluding hydrogens is 562 g/mol. The van der Waals surface area contributed by atoms with E-state index in [1.54, 1.807) is 19.2 Å². The van der Waals surface area contributed by atoms with Crippen LogP contribution >= 0.6 is 11.6 Å². The van der Waals surface area contributed by atoms with Gasteiger partial charge in [-0.2, -0.15) is 0 Å². The van der Waals surface area contributed by atoms with Gasteiger partial charge in [0.05, 0.1) is 42.2 Å². The van der Waals surface area contributed by atoms with Gasteiger partial charge in [0.2, 0.25) is 5.28 Å². The summed E-state index contributed by atoms with van der Waals surface area (Å²) in [5, 5.41) is 21.8. The van der Waals surface area contributed by atoms with Crippen molar-refractivity contribution < 1.29 is 14.3 Å². The van der Waals surface area contributed by atoms with Crippen LogP contribution in [0.1, 0.15) is 40.0 Å². The molecule has 2 amide bonds. The highest BCUT2D eigenvalue weighted by Gasteiger charge is 2.25. The molecule has 15 heteroatoms. The fraction of sp³-hybridized carbons (Fsp3) is 0.519. The Bertz CT molecular complexity index is 1410. The van der Waals surface area contributed by atoms with Gasteiger partial charge in [0.25, 0.3) is 11.8 Å². The van der Waals surface area contributed by atoms with Crippen molar-refractivity contribution in [1.29, 1.82) is 0 Å². The lowest BCUT2D eigenvalue weighted by molar-refractivity contribution is 0.0374. The van der Waals surface area contributed by atoms with E-state index in [2.05, 4.69) is 64.8 Å². The van der Waals surface area contributed by atoms with Crippen LogP contribution in [-0.2, 0) is 4.74 Å². The lowest BCUT2D eigenvalue weighted by Gasteiger charge is -2.39. The smallest absolute Gasteiger partial charge is 0.278 e. The van der Waals surface area contributed by atoms with E-state index < -0.39 is 5.91 Å². The fourth-order valence-electron chi connectivity index (χ4n) is 4.99. The average molecular weight is 598 g/mol. The van der Waals surface area contributed by atoms with Crippen molar-refractivity contribution in [3.8, 4) is 5.69 Å². The van der Waals surface area contributed by atoms with E-state index in [1.165, 1.54) is 4.68 Å². The number of morpholine rings is 1. The highest BCUT2D eigenvalue weighted by atomic mass is 35.5. The molecule has 2 fully saturated rings.